The number of nitrogens with one attached hydrogen (secondary N) is 1. The largest absolute Gasteiger partial charge is 0.493 e. The average molecular weight is 661 g/mol. The quantitative estimate of drug-likeness (QED) is 0.203. The molecule has 0 unspecified atom stereocenters. The molecule has 3 aromatic carbocycles. The van der Waals surface area contributed by atoms with Crippen molar-refractivity contribution in [3.63, 3.8) is 0 Å². The van der Waals surface area contributed by atoms with Gasteiger partial charge in [-0.2, -0.15) is 4.80 Å². The number of hydrogen-bond acceptors (Lipinski definition) is 9. The minimum Gasteiger partial charge on any atom is -0.493 e. The molecule has 1 saturated carbocycles. The van der Waals surface area contributed by atoms with E-state index in [-0.39, 0.29) is 30.9 Å². The number of nitrogens with zero attached hydrogens (tertiary/aromatic N) is 5. The van der Waals surface area contributed by atoms with Gasteiger partial charge >= 0.3 is 0 Å². The van der Waals surface area contributed by atoms with E-state index in [1.165, 1.54) is 28.9 Å². The molecule has 0 saturated heterocycles. The highest BCUT2D eigenvalue weighted by Crippen LogP contribution is 2.32. The van der Waals surface area contributed by atoms with Gasteiger partial charge in [-0.1, -0.05) is 37.5 Å². The highest BCUT2D eigenvalue weighted by molar-refractivity contribution is 5.89. The van der Waals surface area contributed by atoms with Crippen molar-refractivity contribution in [3.05, 3.63) is 77.6 Å². The third-order valence-electron chi connectivity index (χ3n) is 8.48. The van der Waals surface area contributed by atoms with Crippen LogP contribution in [0.5, 0.6) is 23.0 Å². The Hall–Kier alpha value is -5.20. The summed E-state index contributed by atoms with van der Waals surface area (Å²) in [4.78, 5) is 31.0. The lowest BCUT2D eigenvalue weighted by Gasteiger charge is -2.33. The Balaban J connectivity index is 1.46. The summed E-state index contributed by atoms with van der Waals surface area (Å²) in [6.07, 6.45) is 5.29. The number of methoxy groups -OCH3 is 4. The Morgan fingerprint density at radius 3 is 2.19 bits per heavy atom. The van der Waals surface area contributed by atoms with E-state index < -0.39 is 17.8 Å². The van der Waals surface area contributed by atoms with Crippen molar-refractivity contribution in [2.75, 3.05) is 35.0 Å². The van der Waals surface area contributed by atoms with Crippen molar-refractivity contribution in [2.24, 2.45) is 0 Å². The number of carbonyl (C=O) groups excluding carboxylic acids is 2. The third-order valence-corrected chi connectivity index (χ3v) is 8.48. The lowest BCUT2D eigenvalue weighted by Crippen LogP contribution is -2.48. The summed E-state index contributed by atoms with van der Waals surface area (Å²) in [7, 11) is 6.19. The Morgan fingerprint density at radius 2 is 1.52 bits per heavy atom. The van der Waals surface area contributed by atoms with E-state index >= 15 is 0 Å². The molecule has 12 nitrogen and oxygen atoms in total. The predicted octanol–water partition coefficient (Wildman–Crippen LogP) is 4.78. The van der Waals surface area contributed by atoms with Gasteiger partial charge in [-0.25, -0.2) is 4.39 Å². The van der Waals surface area contributed by atoms with Gasteiger partial charge in [0.1, 0.15) is 18.4 Å². The molecule has 1 heterocycles. The summed E-state index contributed by atoms with van der Waals surface area (Å²) < 4.78 is 35.6. The maximum Gasteiger partial charge on any atom is 0.247 e. The van der Waals surface area contributed by atoms with E-state index in [0.717, 1.165) is 37.7 Å². The number of tetrazole rings is 1. The van der Waals surface area contributed by atoms with Gasteiger partial charge in [0.05, 0.1) is 28.4 Å². The van der Waals surface area contributed by atoms with Gasteiger partial charge in [0.2, 0.25) is 17.6 Å². The Bertz CT molecular complexity index is 1690. The van der Waals surface area contributed by atoms with Crippen LogP contribution in [0.1, 0.15) is 49.3 Å². The van der Waals surface area contributed by atoms with Gasteiger partial charge in [0.25, 0.3) is 0 Å². The third kappa shape index (κ3) is 8.20. The van der Waals surface area contributed by atoms with Gasteiger partial charge in [-0.3, -0.25) is 9.59 Å². The van der Waals surface area contributed by atoms with Crippen molar-refractivity contribution >= 4 is 11.8 Å². The fourth-order valence-corrected chi connectivity index (χ4v) is 5.94. The fraction of sp³-hybridized carbons (Fsp3) is 0.400. The zero-order valence-corrected chi connectivity index (χ0v) is 27.6. The number of hydrogen-bond donors (Lipinski definition) is 1. The van der Waals surface area contributed by atoms with Crippen LogP contribution in [0.2, 0.25) is 0 Å². The maximum atomic E-state index is 14.2. The van der Waals surface area contributed by atoms with Crippen LogP contribution in [0, 0.1) is 5.82 Å². The number of amides is 2. The molecule has 0 bridgehead atoms. The van der Waals surface area contributed by atoms with Crippen LogP contribution in [0.4, 0.5) is 4.39 Å². The molecule has 0 aliphatic heterocycles. The van der Waals surface area contributed by atoms with Crippen molar-refractivity contribution in [3.8, 4) is 34.4 Å². The molecule has 1 atom stereocenters. The number of rotatable bonds is 14. The van der Waals surface area contributed by atoms with E-state index in [9.17, 15) is 14.0 Å². The molecule has 1 fully saturated rings. The number of ether oxygens (including phenoxy) is 4. The summed E-state index contributed by atoms with van der Waals surface area (Å²) >= 11 is 0. The second-order valence-corrected chi connectivity index (χ2v) is 11.5. The monoisotopic (exact) mass is 660 g/mol. The zero-order valence-electron chi connectivity index (χ0n) is 27.6. The molecule has 0 spiro atoms. The molecule has 48 heavy (non-hydrogen) atoms. The molecule has 0 radical (unpaired) electrons. The molecule has 254 valence electrons. The highest BCUT2D eigenvalue weighted by atomic mass is 19.1. The smallest absolute Gasteiger partial charge is 0.247 e. The first kappa shape index (κ1) is 34.1. The highest BCUT2D eigenvalue weighted by Gasteiger charge is 2.33. The van der Waals surface area contributed by atoms with Crippen molar-refractivity contribution in [2.45, 2.75) is 57.2 Å². The van der Waals surface area contributed by atoms with Gasteiger partial charge in [0, 0.05) is 18.2 Å². The van der Waals surface area contributed by atoms with E-state index in [2.05, 4.69) is 20.7 Å². The molecule has 1 aromatic heterocycles. The molecule has 13 heteroatoms. The van der Waals surface area contributed by atoms with Crippen LogP contribution < -0.4 is 24.3 Å². The van der Waals surface area contributed by atoms with Gasteiger partial charge < -0.3 is 29.2 Å². The summed E-state index contributed by atoms with van der Waals surface area (Å²) in [6, 6.07) is 15.4. The number of aromatic nitrogens is 4. The first-order chi connectivity index (χ1) is 23.3. The second kappa shape index (κ2) is 16.1. The minimum atomic E-state index is -1.03. The van der Waals surface area contributed by atoms with Crippen molar-refractivity contribution in [1.29, 1.82) is 0 Å². The molecule has 1 aliphatic rings. The maximum absolute atomic E-state index is 14.2. The van der Waals surface area contributed by atoms with E-state index in [4.69, 9.17) is 18.9 Å². The summed E-state index contributed by atoms with van der Waals surface area (Å²) in [5.41, 5.74) is 1.97. The van der Waals surface area contributed by atoms with Gasteiger partial charge in [-0.15, -0.1) is 10.2 Å². The molecular formula is C35H41FN6O6. The molecule has 5 rings (SSSR count). The first-order valence-electron chi connectivity index (χ1n) is 15.9. The lowest BCUT2D eigenvalue weighted by molar-refractivity contribution is -0.142. The number of benzene rings is 3. The standard InChI is InChI=1S/C35H41FN6O6/c1-45-28-16-10-23(20-30(28)47-3)18-19-41(33(24-11-14-26(36)15-12-24)35(44)37-27-8-6-5-7-9-27)32(43)22-42-39-34(38-40-42)25-13-17-29(46-2)31(21-25)48-4/h10-17,20-21,27,33H,5-9,18-19,22H2,1-4H3,(H,37,44)/t33-/m0/s1. The summed E-state index contributed by atoms with van der Waals surface area (Å²) in [5, 5.41) is 15.9. The molecule has 1 N–H and O–H groups in total. The van der Waals surface area contributed by atoms with Crippen LogP contribution >= 0.6 is 0 Å². The second-order valence-electron chi connectivity index (χ2n) is 11.5. The van der Waals surface area contributed by atoms with Crippen LogP contribution in [-0.4, -0.2) is 77.9 Å². The molecular weight excluding hydrogens is 619 g/mol. The molecule has 4 aromatic rings. The Morgan fingerprint density at radius 1 is 0.875 bits per heavy atom. The average Bonchev–Trinajstić information content (AvgIpc) is 3.58. The first-order valence-corrected chi connectivity index (χ1v) is 15.9. The van der Waals surface area contributed by atoms with E-state index in [1.54, 1.807) is 57.7 Å². The lowest BCUT2D eigenvalue weighted by atomic mass is 9.94. The van der Waals surface area contributed by atoms with Crippen LogP contribution in [-0.2, 0) is 22.6 Å². The topological polar surface area (TPSA) is 130 Å². The van der Waals surface area contributed by atoms with Crippen molar-refractivity contribution in [1.82, 2.24) is 30.4 Å². The fourth-order valence-electron chi connectivity index (χ4n) is 5.94. The Kier molecular flexibility index (Phi) is 11.4. The normalized spacial score (nSPS) is 13.8. The SMILES string of the molecule is COc1ccc(CCN(C(=O)Cn2nnc(-c3ccc(OC)c(OC)c3)n2)[C@H](C(=O)NC2CCCCC2)c2ccc(F)cc2)cc1OC. The molecule has 1 aliphatic carbocycles. The summed E-state index contributed by atoms with van der Waals surface area (Å²) in [5.74, 6) is 1.27. The Labute approximate surface area is 279 Å². The number of carbonyl (C=O) groups is 2. The van der Waals surface area contributed by atoms with Gasteiger partial charge in [0.15, 0.2) is 23.0 Å². The van der Waals surface area contributed by atoms with E-state index in [1.807, 2.05) is 12.1 Å². The predicted molar refractivity (Wildman–Crippen MR) is 175 cm³/mol. The van der Waals surface area contributed by atoms with E-state index in [0.29, 0.717) is 40.5 Å². The van der Waals surface area contributed by atoms with Gasteiger partial charge in [-0.05, 0) is 78.1 Å². The summed E-state index contributed by atoms with van der Waals surface area (Å²) in [6.45, 7) is -0.133. The minimum absolute atomic E-state index is 0.00183. The van der Waals surface area contributed by atoms with Crippen molar-refractivity contribution < 1.29 is 32.9 Å². The number of halogens is 1. The van der Waals surface area contributed by atoms with Crippen LogP contribution in [0.15, 0.2) is 60.7 Å². The molecule has 2 amide bonds. The van der Waals surface area contributed by atoms with Crippen LogP contribution in [0.25, 0.3) is 11.4 Å². The van der Waals surface area contributed by atoms with Crippen LogP contribution in [0.3, 0.4) is 0 Å². The zero-order chi connectivity index (χ0) is 34.0.